The molecule has 0 fully saturated rings. The molecule has 0 aliphatic rings. The first-order chi connectivity index (χ1) is 9.06. The van der Waals surface area contributed by atoms with Gasteiger partial charge >= 0.3 is 0 Å². The van der Waals surface area contributed by atoms with E-state index in [9.17, 15) is 5.11 Å². The average molecular weight is 265 g/mol. The lowest BCUT2D eigenvalue weighted by atomic mass is 10.2. The van der Waals surface area contributed by atoms with Crippen LogP contribution in [0.3, 0.4) is 0 Å². The zero-order chi connectivity index (χ0) is 14.3. The summed E-state index contributed by atoms with van der Waals surface area (Å²) in [5.74, 6) is 1.61. The van der Waals surface area contributed by atoms with Gasteiger partial charge in [-0.05, 0) is 32.4 Å². The molecule has 1 heterocycles. The van der Waals surface area contributed by atoms with Crippen molar-refractivity contribution in [2.24, 2.45) is 5.92 Å². The zero-order valence-corrected chi connectivity index (χ0v) is 12.6. The van der Waals surface area contributed by atoms with Crippen molar-refractivity contribution < 1.29 is 5.11 Å². The van der Waals surface area contributed by atoms with E-state index in [0.29, 0.717) is 18.5 Å². The summed E-state index contributed by atoms with van der Waals surface area (Å²) < 4.78 is 0. The van der Waals surface area contributed by atoms with Gasteiger partial charge < -0.3 is 15.3 Å². The fraction of sp³-hybridized carbons (Fsp3) is 0.667. The molecule has 0 bridgehead atoms. The number of hydrogen-bond donors (Lipinski definition) is 2. The minimum atomic E-state index is 0.146. The zero-order valence-electron chi connectivity index (χ0n) is 12.6. The molecule has 0 saturated heterocycles. The molecule has 0 amide bonds. The van der Waals surface area contributed by atoms with Gasteiger partial charge in [0.05, 0.1) is 6.61 Å². The lowest BCUT2D eigenvalue weighted by Crippen LogP contribution is -2.35. The maximum Gasteiger partial charge on any atom is 0.133 e. The molecule has 1 aromatic rings. The molecule has 0 saturated carbocycles. The van der Waals surface area contributed by atoms with Crippen molar-refractivity contribution in [2.75, 3.05) is 24.6 Å². The second kappa shape index (κ2) is 8.12. The summed E-state index contributed by atoms with van der Waals surface area (Å²) >= 11 is 0. The van der Waals surface area contributed by atoms with Crippen LogP contribution in [0, 0.1) is 5.92 Å². The van der Waals surface area contributed by atoms with Gasteiger partial charge in [-0.1, -0.05) is 19.9 Å². The lowest BCUT2D eigenvalue weighted by molar-refractivity contribution is 0.298. The van der Waals surface area contributed by atoms with Gasteiger partial charge in [0.25, 0.3) is 0 Å². The minimum Gasteiger partial charge on any atom is -0.395 e. The first-order valence-electron chi connectivity index (χ1n) is 7.08. The number of rotatable bonds is 8. The predicted molar refractivity (Wildman–Crippen MR) is 80.3 cm³/mol. The third kappa shape index (κ3) is 5.17. The van der Waals surface area contributed by atoms with Crippen molar-refractivity contribution in [1.29, 1.82) is 0 Å². The summed E-state index contributed by atoms with van der Waals surface area (Å²) in [4.78, 5) is 6.64. The van der Waals surface area contributed by atoms with Crippen molar-refractivity contribution in [2.45, 2.75) is 40.3 Å². The van der Waals surface area contributed by atoms with Gasteiger partial charge in [0.1, 0.15) is 5.82 Å². The van der Waals surface area contributed by atoms with Gasteiger partial charge in [-0.2, -0.15) is 0 Å². The summed E-state index contributed by atoms with van der Waals surface area (Å²) in [6.07, 6.45) is 1.81. The monoisotopic (exact) mass is 265 g/mol. The van der Waals surface area contributed by atoms with Crippen LogP contribution in [-0.4, -0.2) is 35.8 Å². The maximum atomic E-state index is 9.20. The largest absolute Gasteiger partial charge is 0.395 e. The third-order valence-electron chi connectivity index (χ3n) is 2.97. The summed E-state index contributed by atoms with van der Waals surface area (Å²) in [6.45, 7) is 11.2. The molecule has 1 rings (SSSR count). The van der Waals surface area contributed by atoms with Crippen LogP contribution >= 0.6 is 0 Å². The molecule has 19 heavy (non-hydrogen) atoms. The SMILES string of the molecule is CC(C)CNCc1cccnc1N(CCO)C(C)C. The number of aliphatic hydroxyl groups is 1. The van der Waals surface area contributed by atoms with Gasteiger partial charge in [-0.25, -0.2) is 4.98 Å². The molecule has 0 radical (unpaired) electrons. The van der Waals surface area contributed by atoms with Crippen LogP contribution in [0.4, 0.5) is 5.82 Å². The van der Waals surface area contributed by atoms with E-state index in [1.165, 1.54) is 5.56 Å². The Kier molecular flexibility index (Phi) is 6.81. The smallest absolute Gasteiger partial charge is 0.133 e. The minimum absolute atomic E-state index is 0.146. The summed E-state index contributed by atoms with van der Waals surface area (Å²) in [5.41, 5.74) is 1.19. The van der Waals surface area contributed by atoms with Crippen LogP contribution < -0.4 is 10.2 Å². The molecule has 0 aliphatic heterocycles. The van der Waals surface area contributed by atoms with Gasteiger partial charge in [0, 0.05) is 30.9 Å². The van der Waals surface area contributed by atoms with Crippen molar-refractivity contribution in [3.8, 4) is 0 Å². The highest BCUT2D eigenvalue weighted by Gasteiger charge is 2.14. The highest BCUT2D eigenvalue weighted by atomic mass is 16.3. The molecule has 2 N–H and O–H groups in total. The summed E-state index contributed by atoms with van der Waals surface area (Å²) in [6, 6.07) is 4.39. The van der Waals surface area contributed by atoms with E-state index in [1.807, 2.05) is 12.3 Å². The molecule has 0 atom stereocenters. The summed E-state index contributed by atoms with van der Waals surface area (Å²) in [5, 5.41) is 12.6. The highest BCUT2D eigenvalue weighted by Crippen LogP contribution is 2.19. The van der Waals surface area contributed by atoms with E-state index < -0.39 is 0 Å². The number of hydrogen-bond acceptors (Lipinski definition) is 4. The Labute approximate surface area is 116 Å². The number of pyridine rings is 1. The number of aliphatic hydroxyl groups excluding tert-OH is 1. The van der Waals surface area contributed by atoms with Gasteiger partial charge in [-0.15, -0.1) is 0 Å². The molecule has 0 aromatic carbocycles. The van der Waals surface area contributed by atoms with Crippen LogP contribution in [-0.2, 0) is 6.54 Å². The molecule has 0 spiro atoms. The number of nitrogens with zero attached hydrogens (tertiary/aromatic N) is 2. The Morgan fingerprint density at radius 1 is 1.32 bits per heavy atom. The van der Waals surface area contributed by atoms with Crippen molar-refractivity contribution in [1.82, 2.24) is 10.3 Å². The Balaban J connectivity index is 2.81. The second-order valence-corrected chi connectivity index (χ2v) is 5.52. The fourth-order valence-electron chi connectivity index (χ4n) is 2.04. The number of aromatic nitrogens is 1. The number of anilines is 1. The number of nitrogens with one attached hydrogen (secondary N) is 1. The molecule has 4 heteroatoms. The Morgan fingerprint density at radius 3 is 2.63 bits per heavy atom. The maximum absolute atomic E-state index is 9.20. The van der Waals surface area contributed by atoms with E-state index in [1.54, 1.807) is 0 Å². The standard InChI is InChI=1S/C15H27N3O/c1-12(2)10-16-11-14-6-5-7-17-15(14)18(8-9-19)13(3)4/h5-7,12-13,16,19H,8-11H2,1-4H3. The Hall–Kier alpha value is -1.13. The normalized spacial score (nSPS) is 11.3. The topological polar surface area (TPSA) is 48.4 Å². The quantitative estimate of drug-likeness (QED) is 0.755. The summed E-state index contributed by atoms with van der Waals surface area (Å²) in [7, 11) is 0. The second-order valence-electron chi connectivity index (χ2n) is 5.52. The van der Waals surface area contributed by atoms with Crippen LogP contribution in [0.25, 0.3) is 0 Å². The first-order valence-corrected chi connectivity index (χ1v) is 7.08. The molecular formula is C15H27N3O. The first kappa shape index (κ1) is 15.9. The third-order valence-corrected chi connectivity index (χ3v) is 2.97. The molecule has 0 unspecified atom stereocenters. The van der Waals surface area contributed by atoms with Crippen LogP contribution in [0.1, 0.15) is 33.3 Å². The molecule has 1 aromatic heterocycles. The van der Waals surface area contributed by atoms with E-state index in [2.05, 4.69) is 49.0 Å². The average Bonchev–Trinajstić information content (AvgIpc) is 2.36. The Bertz CT molecular complexity index is 366. The van der Waals surface area contributed by atoms with E-state index in [0.717, 1.165) is 18.9 Å². The molecular weight excluding hydrogens is 238 g/mol. The van der Waals surface area contributed by atoms with E-state index in [4.69, 9.17) is 0 Å². The van der Waals surface area contributed by atoms with Crippen molar-refractivity contribution in [3.05, 3.63) is 23.9 Å². The van der Waals surface area contributed by atoms with Crippen LogP contribution in [0.2, 0.25) is 0 Å². The van der Waals surface area contributed by atoms with Crippen LogP contribution in [0.5, 0.6) is 0 Å². The Morgan fingerprint density at radius 2 is 2.05 bits per heavy atom. The van der Waals surface area contributed by atoms with E-state index in [-0.39, 0.29) is 6.61 Å². The van der Waals surface area contributed by atoms with Crippen molar-refractivity contribution in [3.63, 3.8) is 0 Å². The fourth-order valence-corrected chi connectivity index (χ4v) is 2.04. The van der Waals surface area contributed by atoms with Gasteiger partial charge in [-0.3, -0.25) is 0 Å². The molecule has 0 aliphatic carbocycles. The predicted octanol–water partition coefficient (Wildman–Crippen LogP) is 2.03. The molecule has 4 nitrogen and oxygen atoms in total. The highest BCUT2D eigenvalue weighted by molar-refractivity contribution is 5.47. The van der Waals surface area contributed by atoms with Crippen molar-refractivity contribution >= 4 is 5.82 Å². The van der Waals surface area contributed by atoms with Crippen LogP contribution in [0.15, 0.2) is 18.3 Å². The molecule has 108 valence electrons. The van der Waals surface area contributed by atoms with Gasteiger partial charge in [0.15, 0.2) is 0 Å². The lowest BCUT2D eigenvalue weighted by Gasteiger charge is -2.29. The van der Waals surface area contributed by atoms with Gasteiger partial charge in [0.2, 0.25) is 0 Å². The van der Waals surface area contributed by atoms with E-state index >= 15 is 0 Å².